The number of hydrogen-bond acceptors (Lipinski definition) is 4. The van der Waals surface area contributed by atoms with Gasteiger partial charge in [0.15, 0.2) is 0 Å². The van der Waals surface area contributed by atoms with Crippen molar-refractivity contribution in [3.05, 3.63) is 29.8 Å². The largest absolute Gasteiger partial charge is 0.366 e. The molecule has 1 aromatic carbocycles. The predicted molar refractivity (Wildman–Crippen MR) is 80.1 cm³/mol. The molecule has 1 fully saturated rings. The standard InChI is InChI=1S/C14H21N3O3S/c1-10(15)13-7-2-3-8-17(13)21(19,20)12-6-4-5-11(9-12)14(16)18/h4-6,9-10,13H,2-3,7-8,15H2,1H3,(H2,16,18)/t10-,13+/m1/s1. The minimum absolute atomic E-state index is 0.0892. The predicted octanol–water partition coefficient (Wildman–Crippen LogP) is 0.676. The lowest BCUT2D eigenvalue weighted by Crippen LogP contribution is -2.51. The van der Waals surface area contributed by atoms with Crippen molar-refractivity contribution in [3.63, 3.8) is 0 Å². The number of nitrogens with two attached hydrogens (primary N) is 2. The average Bonchev–Trinajstić information content (AvgIpc) is 2.47. The molecule has 2 atom stereocenters. The van der Waals surface area contributed by atoms with Crippen molar-refractivity contribution >= 4 is 15.9 Å². The van der Waals surface area contributed by atoms with Crippen LogP contribution in [0.1, 0.15) is 36.5 Å². The van der Waals surface area contributed by atoms with Crippen LogP contribution in [0.15, 0.2) is 29.2 Å². The summed E-state index contributed by atoms with van der Waals surface area (Å²) in [6.07, 6.45) is 2.55. The highest BCUT2D eigenvalue weighted by Gasteiger charge is 2.35. The van der Waals surface area contributed by atoms with Crippen molar-refractivity contribution in [2.45, 2.75) is 43.2 Å². The summed E-state index contributed by atoms with van der Waals surface area (Å²) in [7, 11) is -3.67. The van der Waals surface area contributed by atoms with Gasteiger partial charge in [-0.3, -0.25) is 4.79 Å². The van der Waals surface area contributed by atoms with E-state index in [9.17, 15) is 13.2 Å². The van der Waals surface area contributed by atoms with Gasteiger partial charge < -0.3 is 11.5 Å². The van der Waals surface area contributed by atoms with E-state index in [1.54, 1.807) is 0 Å². The van der Waals surface area contributed by atoms with Gasteiger partial charge >= 0.3 is 0 Å². The number of nitrogens with zero attached hydrogens (tertiary/aromatic N) is 1. The highest BCUT2D eigenvalue weighted by atomic mass is 32.2. The summed E-state index contributed by atoms with van der Waals surface area (Å²) in [4.78, 5) is 11.3. The molecule has 0 spiro atoms. The van der Waals surface area contributed by atoms with Crippen LogP contribution < -0.4 is 11.5 Å². The first-order valence-corrected chi connectivity index (χ1v) is 8.45. The monoisotopic (exact) mass is 311 g/mol. The van der Waals surface area contributed by atoms with Crippen LogP contribution in [0, 0.1) is 0 Å². The maximum absolute atomic E-state index is 12.8. The van der Waals surface area contributed by atoms with E-state index in [-0.39, 0.29) is 22.5 Å². The van der Waals surface area contributed by atoms with Crippen LogP contribution in [0.25, 0.3) is 0 Å². The van der Waals surface area contributed by atoms with Gasteiger partial charge in [-0.2, -0.15) is 4.31 Å². The van der Waals surface area contributed by atoms with Crippen LogP contribution >= 0.6 is 0 Å². The molecule has 1 aliphatic heterocycles. The first kappa shape index (κ1) is 15.9. The Balaban J connectivity index is 2.40. The Labute approximate surface area is 125 Å². The fraction of sp³-hybridized carbons (Fsp3) is 0.500. The summed E-state index contributed by atoms with van der Waals surface area (Å²) in [5.74, 6) is -0.644. The fourth-order valence-corrected chi connectivity index (χ4v) is 4.52. The highest BCUT2D eigenvalue weighted by Crippen LogP contribution is 2.27. The molecule has 116 valence electrons. The molecule has 0 aromatic heterocycles. The van der Waals surface area contributed by atoms with E-state index in [0.717, 1.165) is 19.3 Å². The molecule has 4 N–H and O–H groups in total. The summed E-state index contributed by atoms with van der Waals surface area (Å²) in [5, 5.41) is 0. The van der Waals surface area contributed by atoms with Gasteiger partial charge in [0.25, 0.3) is 0 Å². The molecule has 0 aliphatic carbocycles. The second kappa shape index (κ2) is 6.13. The maximum Gasteiger partial charge on any atom is 0.248 e. The first-order valence-electron chi connectivity index (χ1n) is 7.01. The summed E-state index contributed by atoms with van der Waals surface area (Å²) in [6, 6.07) is 5.39. The van der Waals surface area contributed by atoms with E-state index < -0.39 is 15.9 Å². The van der Waals surface area contributed by atoms with E-state index in [4.69, 9.17) is 11.5 Å². The molecule has 1 amide bonds. The third-order valence-corrected chi connectivity index (χ3v) is 5.75. The number of rotatable bonds is 4. The van der Waals surface area contributed by atoms with Crippen LogP contribution in [0.3, 0.4) is 0 Å². The smallest absolute Gasteiger partial charge is 0.248 e. The van der Waals surface area contributed by atoms with Gasteiger partial charge in [0.2, 0.25) is 15.9 Å². The molecule has 6 nitrogen and oxygen atoms in total. The van der Waals surface area contributed by atoms with Gasteiger partial charge in [-0.15, -0.1) is 0 Å². The van der Waals surface area contributed by atoms with Crippen molar-refractivity contribution in [2.24, 2.45) is 11.5 Å². The molecule has 0 saturated carbocycles. The molecule has 0 radical (unpaired) electrons. The van der Waals surface area contributed by atoms with Gasteiger partial charge in [-0.25, -0.2) is 8.42 Å². The van der Waals surface area contributed by atoms with Crippen LogP contribution in [-0.2, 0) is 10.0 Å². The Kier molecular flexibility index (Phi) is 4.65. The van der Waals surface area contributed by atoms with Crippen molar-refractivity contribution < 1.29 is 13.2 Å². The molecule has 1 saturated heterocycles. The lowest BCUT2D eigenvalue weighted by atomic mass is 10.00. The summed E-state index contributed by atoms with van der Waals surface area (Å²) < 4.78 is 27.0. The van der Waals surface area contributed by atoms with Gasteiger partial charge in [-0.05, 0) is 38.0 Å². The van der Waals surface area contributed by atoms with Crippen molar-refractivity contribution in [2.75, 3.05) is 6.54 Å². The molecular formula is C14H21N3O3S. The second-order valence-electron chi connectivity index (χ2n) is 5.43. The Morgan fingerprint density at radius 1 is 1.38 bits per heavy atom. The van der Waals surface area contributed by atoms with Gasteiger partial charge in [0.1, 0.15) is 0 Å². The van der Waals surface area contributed by atoms with Crippen molar-refractivity contribution in [1.29, 1.82) is 0 Å². The Hall–Kier alpha value is -1.44. The van der Waals surface area contributed by atoms with Crippen molar-refractivity contribution in [3.8, 4) is 0 Å². The van der Waals surface area contributed by atoms with Crippen LogP contribution in [-0.4, -0.2) is 37.3 Å². The first-order chi connectivity index (χ1) is 9.84. The second-order valence-corrected chi connectivity index (χ2v) is 7.32. The van der Waals surface area contributed by atoms with Gasteiger partial charge in [0, 0.05) is 24.2 Å². The maximum atomic E-state index is 12.8. The average molecular weight is 311 g/mol. The number of primary amides is 1. The highest BCUT2D eigenvalue weighted by molar-refractivity contribution is 7.89. The molecule has 7 heteroatoms. The van der Waals surface area contributed by atoms with E-state index in [2.05, 4.69) is 0 Å². The van der Waals surface area contributed by atoms with E-state index in [1.807, 2.05) is 6.92 Å². The lowest BCUT2D eigenvalue weighted by molar-refractivity contribution is 0.1000. The van der Waals surface area contributed by atoms with Gasteiger partial charge in [-0.1, -0.05) is 12.5 Å². The van der Waals surface area contributed by atoms with Crippen LogP contribution in [0.4, 0.5) is 0 Å². The molecule has 0 unspecified atom stereocenters. The van der Waals surface area contributed by atoms with E-state index in [0.29, 0.717) is 6.54 Å². The topological polar surface area (TPSA) is 106 Å². The van der Waals surface area contributed by atoms with Gasteiger partial charge in [0.05, 0.1) is 4.90 Å². The molecule has 2 rings (SSSR count). The van der Waals surface area contributed by atoms with Crippen LogP contribution in [0.5, 0.6) is 0 Å². The Bertz CT molecular complexity index is 628. The molecule has 1 aliphatic rings. The molecular weight excluding hydrogens is 290 g/mol. The summed E-state index contributed by atoms with van der Waals surface area (Å²) in [5.41, 5.74) is 11.3. The van der Waals surface area contributed by atoms with Crippen molar-refractivity contribution in [1.82, 2.24) is 4.31 Å². The minimum atomic E-state index is -3.67. The quantitative estimate of drug-likeness (QED) is 0.852. The normalized spacial score (nSPS) is 21.9. The molecule has 0 bridgehead atoms. The fourth-order valence-electron chi connectivity index (χ4n) is 2.70. The van der Waals surface area contributed by atoms with E-state index >= 15 is 0 Å². The molecule has 21 heavy (non-hydrogen) atoms. The number of sulfonamides is 1. The summed E-state index contributed by atoms with van der Waals surface area (Å²) in [6.45, 7) is 2.27. The zero-order valence-electron chi connectivity index (χ0n) is 12.0. The summed E-state index contributed by atoms with van der Waals surface area (Å²) >= 11 is 0. The Morgan fingerprint density at radius 3 is 2.71 bits per heavy atom. The van der Waals surface area contributed by atoms with Crippen LogP contribution in [0.2, 0.25) is 0 Å². The zero-order chi connectivity index (χ0) is 15.6. The number of carbonyl (C=O) groups is 1. The minimum Gasteiger partial charge on any atom is -0.366 e. The van der Waals surface area contributed by atoms with E-state index in [1.165, 1.54) is 28.6 Å². The number of benzene rings is 1. The molecule has 1 aromatic rings. The number of amides is 1. The lowest BCUT2D eigenvalue weighted by Gasteiger charge is -2.36. The third-order valence-electron chi connectivity index (χ3n) is 3.83. The zero-order valence-corrected chi connectivity index (χ0v) is 12.8. The number of carbonyl (C=O) groups excluding carboxylic acids is 1. The SMILES string of the molecule is C[C@@H](N)[C@@H]1CCCCN1S(=O)(=O)c1cccc(C(N)=O)c1. The Morgan fingerprint density at radius 2 is 2.10 bits per heavy atom. The third kappa shape index (κ3) is 3.25. The molecule has 1 heterocycles. The number of hydrogen-bond donors (Lipinski definition) is 2. The number of piperidine rings is 1.